The summed E-state index contributed by atoms with van der Waals surface area (Å²) in [5.41, 5.74) is 3.62. The first-order valence-corrected chi connectivity index (χ1v) is 9.08. The first-order valence-electron chi connectivity index (χ1n) is 9.08. The van der Waals surface area contributed by atoms with E-state index in [1.807, 2.05) is 54.6 Å². The molecule has 0 saturated heterocycles. The van der Waals surface area contributed by atoms with E-state index in [1.54, 1.807) is 12.1 Å². The topological polar surface area (TPSA) is 74.8 Å². The molecule has 5 nitrogen and oxygen atoms in total. The molecule has 1 amide bonds. The molecule has 138 valence electrons. The van der Waals surface area contributed by atoms with Gasteiger partial charge in [-0.15, -0.1) is 0 Å². The van der Waals surface area contributed by atoms with Gasteiger partial charge in [0.05, 0.1) is 24.0 Å². The number of nitrogens with one attached hydrogen (secondary N) is 2. The number of rotatable bonds is 5. The summed E-state index contributed by atoms with van der Waals surface area (Å²) in [4.78, 5) is 24.2. The van der Waals surface area contributed by atoms with E-state index in [0.29, 0.717) is 11.1 Å². The number of nitrogens with zero attached hydrogens (tertiary/aromatic N) is 1. The van der Waals surface area contributed by atoms with Crippen LogP contribution in [0.2, 0.25) is 0 Å². The Kier molecular flexibility index (Phi) is 4.97. The number of H-pyrrole nitrogens is 1. The van der Waals surface area contributed by atoms with E-state index in [-0.39, 0.29) is 24.4 Å². The zero-order chi connectivity index (χ0) is 19.3. The number of aromatic amines is 1. The van der Waals surface area contributed by atoms with E-state index in [2.05, 4.69) is 27.6 Å². The molecule has 0 spiro atoms. The molecule has 0 unspecified atom stereocenters. The summed E-state index contributed by atoms with van der Waals surface area (Å²) in [5.74, 6) is -0.0930. The molecule has 1 aromatic heterocycles. The van der Waals surface area contributed by atoms with Crippen molar-refractivity contribution in [2.24, 2.45) is 0 Å². The van der Waals surface area contributed by atoms with Gasteiger partial charge in [0.1, 0.15) is 0 Å². The maximum Gasteiger partial charge on any atom is 0.272 e. The van der Waals surface area contributed by atoms with Crippen LogP contribution in [0.15, 0.2) is 83.7 Å². The normalized spacial score (nSPS) is 10.7. The minimum absolute atomic E-state index is 0.0930. The molecule has 0 saturated carbocycles. The van der Waals surface area contributed by atoms with Gasteiger partial charge in [0.2, 0.25) is 5.91 Å². The first-order chi connectivity index (χ1) is 13.7. The highest BCUT2D eigenvalue weighted by Crippen LogP contribution is 2.19. The Morgan fingerprint density at radius 2 is 1.46 bits per heavy atom. The summed E-state index contributed by atoms with van der Waals surface area (Å²) in [6, 6.07) is 25.3. The monoisotopic (exact) mass is 369 g/mol. The van der Waals surface area contributed by atoms with Gasteiger partial charge in [0.15, 0.2) is 0 Å². The van der Waals surface area contributed by atoms with Crippen LogP contribution in [0.25, 0.3) is 21.9 Å². The fourth-order valence-electron chi connectivity index (χ4n) is 3.18. The summed E-state index contributed by atoms with van der Waals surface area (Å²) in [6.45, 7) is 0.262. The number of aromatic nitrogens is 2. The predicted octanol–water partition coefficient (Wildman–Crippen LogP) is 3.45. The molecule has 2 N–H and O–H groups in total. The molecule has 0 bridgehead atoms. The van der Waals surface area contributed by atoms with Gasteiger partial charge in [0.25, 0.3) is 5.56 Å². The number of hydrogen-bond acceptors (Lipinski definition) is 3. The molecule has 0 aliphatic heterocycles. The zero-order valence-corrected chi connectivity index (χ0v) is 15.2. The minimum Gasteiger partial charge on any atom is -0.350 e. The van der Waals surface area contributed by atoms with Crippen LogP contribution in [0.1, 0.15) is 11.3 Å². The average molecular weight is 369 g/mol. The molecule has 5 heteroatoms. The van der Waals surface area contributed by atoms with Gasteiger partial charge in [-0.1, -0.05) is 72.8 Å². The molecule has 0 aliphatic rings. The summed E-state index contributed by atoms with van der Waals surface area (Å²) in [5, 5.41) is 10.8. The maximum atomic E-state index is 12.3. The van der Waals surface area contributed by atoms with Crippen molar-refractivity contribution in [3.05, 3.63) is 100 Å². The van der Waals surface area contributed by atoms with Crippen molar-refractivity contribution in [3.8, 4) is 11.1 Å². The fraction of sp³-hybridized carbons (Fsp3) is 0.0870. The van der Waals surface area contributed by atoms with Crippen LogP contribution in [0.4, 0.5) is 0 Å². The molecule has 4 rings (SSSR count). The lowest BCUT2D eigenvalue weighted by Crippen LogP contribution is -2.26. The second kappa shape index (κ2) is 7.88. The second-order valence-electron chi connectivity index (χ2n) is 6.56. The van der Waals surface area contributed by atoms with Gasteiger partial charge < -0.3 is 5.32 Å². The molecule has 0 atom stereocenters. The van der Waals surface area contributed by atoms with Gasteiger partial charge in [-0.25, -0.2) is 5.10 Å². The fourth-order valence-corrected chi connectivity index (χ4v) is 3.18. The molecule has 0 fully saturated rings. The van der Waals surface area contributed by atoms with Crippen molar-refractivity contribution >= 4 is 16.7 Å². The van der Waals surface area contributed by atoms with Gasteiger partial charge >= 0.3 is 0 Å². The molecule has 3 aromatic carbocycles. The molecule has 0 radical (unpaired) electrons. The Balaban J connectivity index is 1.41. The number of benzene rings is 3. The van der Waals surface area contributed by atoms with Crippen LogP contribution in [0.3, 0.4) is 0 Å². The number of hydrogen-bond donors (Lipinski definition) is 2. The predicted molar refractivity (Wildman–Crippen MR) is 110 cm³/mol. The minimum atomic E-state index is -0.232. The summed E-state index contributed by atoms with van der Waals surface area (Å²) in [6.07, 6.45) is 0.288. The van der Waals surface area contributed by atoms with E-state index in [9.17, 15) is 9.59 Å². The Hall–Kier alpha value is -3.73. The van der Waals surface area contributed by atoms with E-state index in [1.165, 1.54) is 0 Å². The van der Waals surface area contributed by atoms with Gasteiger partial charge in [-0.3, -0.25) is 9.59 Å². The molecule has 28 heavy (non-hydrogen) atoms. The largest absolute Gasteiger partial charge is 0.350 e. The van der Waals surface area contributed by atoms with Gasteiger partial charge in [-0.05, 0) is 22.8 Å². The van der Waals surface area contributed by atoms with Gasteiger partial charge in [-0.2, -0.15) is 5.10 Å². The number of carbonyl (C=O) groups is 1. The summed E-state index contributed by atoms with van der Waals surface area (Å²) in [7, 11) is 0. The van der Waals surface area contributed by atoms with Crippen LogP contribution >= 0.6 is 0 Å². The van der Waals surface area contributed by atoms with Crippen molar-refractivity contribution in [2.45, 2.75) is 13.0 Å². The van der Waals surface area contributed by atoms with Gasteiger partial charge in [0, 0.05) is 5.39 Å². The quantitative estimate of drug-likeness (QED) is 0.566. The number of fused-ring (bicyclic) bond motifs is 1. The lowest BCUT2D eigenvalue weighted by atomic mass is 10.0. The molecular weight excluding hydrogens is 350 g/mol. The first kappa shape index (κ1) is 17.7. The summed E-state index contributed by atoms with van der Waals surface area (Å²) >= 11 is 0. The van der Waals surface area contributed by atoms with E-state index in [4.69, 9.17) is 0 Å². The Bertz CT molecular complexity index is 1170. The lowest BCUT2D eigenvalue weighted by Gasteiger charge is -2.08. The third kappa shape index (κ3) is 3.83. The van der Waals surface area contributed by atoms with E-state index >= 15 is 0 Å². The molecule has 0 aliphatic carbocycles. The number of carbonyl (C=O) groups excluding carboxylic acids is 1. The van der Waals surface area contributed by atoms with Crippen molar-refractivity contribution in [1.82, 2.24) is 15.5 Å². The average Bonchev–Trinajstić information content (AvgIpc) is 2.75. The van der Waals surface area contributed by atoms with Crippen LogP contribution in [0, 0.1) is 0 Å². The van der Waals surface area contributed by atoms with Crippen molar-refractivity contribution in [1.29, 1.82) is 0 Å². The Morgan fingerprint density at radius 1 is 0.821 bits per heavy atom. The Morgan fingerprint density at radius 3 is 2.21 bits per heavy atom. The smallest absolute Gasteiger partial charge is 0.272 e. The van der Waals surface area contributed by atoms with Crippen molar-refractivity contribution in [3.63, 3.8) is 0 Å². The highest BCUT2D eigenvalue weighted by molar-refractivity contribution is 5.84. The highest BCUT2D eigenvalue weighted by atomic mass is 16.1. The lowest BCUT2D eigenvalue weighted by molar-refractivity contribution is -0.120. The van der Waals surface area contributed by atoms with E-state index in [0.717, 1.165) is 22.1 Å². The van der Waals surface area contributed by atoms with Crippen LogP contribution < -0.4 is 10.9 Å². The van der Waals surface area contributed by atoms with Crippen molar-refractivity contribution in [2.75, 3.05) is 0 Å². The van der Waals surface area contributed by atoms with E-state index < -0.39 is 0 Å². The highest BCUT2D eigenvalue weighted by Gasteiger charge is 2.08. The SMILES string of the molecule is O=C(Cc1ccc(-c2ccccc2)cc1)NCc1n[nH]c(=O)c2ccccc12. The standard InChI is InChI=1S/C23H19N3O2/c27-22(14-16-10-12-18(13-11-16)17-6-2-1-3-7-17)24-15-21-19-8-4-5-9-20(19)23(28)26-25-21/h1-13H,14-15H2,(H,24,27)(H,26,28). The van der Waals surface area contributed by atoms with Crippen molar-refractivity contribution < 1.29 is 4.79 Å². The Labute approximate surface area is 162 Å². The molecule has 1 heterocycles. The molecule has 4 aromatic rings. The second-order valence-corrected chi connectivity index (χ2v) is 6.56. The van der Waals surface area contributed by atoms with Crippen LogP contribution in [-0.4, -0.2) is 16.1 Å². The molecular formula is C23H19N3O2. The third-order valence-electron chi connectivity index (χ3n) is 4.65. The maximum absolute atomic E-state index is 12.3. The summed E-state index contributed by atoms with van der Waals surface area (Å²) < 4.78 is 0. The van der Waals surface area contributed by atoms with Crippen LogP contribution in [-0.2, 0) is 17.8 Å². The third-order valence-corrected chi connectivity index (χ3v) is 4.65. The van der Waals surface area contributed by atoms with Crippen LogP contribution in [0.5, 0.6) is 0 Å². The number of amides is 1. The zero-order valence-electron chi connectivity index (χ0n) is 15.2.